The second-order valence-corrected chi connectivity index (χ2v) is 40.8. The van der Waals surface area contributed by atoms with Crippen molar-refractivity contribution >= 4 is 252 Å². The van der Waals surface area contributed by atoms with Crippen LogP contribution >= 0.6 is 116 Å². The van der Waals surface area contributed by atoms with Crippen LogP contribution < -0.4 is 196 Å². The molecule has 9 N–H and O–H groups in total. The number of pyridine rings is 6. The number of nitriles is 2. The van der Waals surface area contributed by atoms with E-state index in [2.05, 4.69) is 83.2 Å². The van der Waals surface area contributed by atoms with Crippen molar-refractivity contribution < 1.29 is 212 Å². The van der Waals surface area contributed by atoms with Crippen molar-refractivity contribution in [1.82, 2.24) is 29.9 Å². The van der Waals surface area contributed by atoms with Crippen molar-refractivity contribution in [2.24, 2.45) is 28.0 Å². The van der Waals surface area contributed by atoms with Gasteiger partial charge in [0.05, 0.1) is 72.8 Å². The molecule has 2 aromatic carbocycles. The zero-order valence-corrected chi connectivity index (χ0v) is 97.1. The van der Waals surface area contributed by atoms with Crippen LogP contribution in [0.3, 0.4) is 0 Å². The van der Waals surface area contributed by atoms with Crippen LogP contribution in [0.5, 0.6) is 0 Å². The fourth-order valence-corrected chi connectivity index (χ4v) is 15.6. The van der Waals surface area contributed by atoms with E-state index in [1.54, 1.807) is 81.6 Å². The quantitative estimate of drug-likeness (QED) is 0.0142. The van der Waals surface area contributed by atoms with Gasteiger partial charge in [0.15, 0.2) is 23.3 Å². The van der Waals surface area contributed by atoms with E-state index in [1.165, 1.54) is 86.9 Å². The van der Waals surface area contributed by atoms with E-state index in [4.69, 9.17) is 123 Å². The van der Waals surface area contributed by atoms with Crippen LogP contribution in [0.4, 0.5) is 57.4 Å². The molecule has 7 aliphatic rings. The minimum atomic E-state index is -3.67. The molecule has 6 aromatic heterocycles. The van der Waals surface area contributed by atoms with Gasteiger partial charge in [-0.25, -0.2) is 61.7 Å². The van der Waals surface area contributed by atoms with Gasteiger partial charge in [-0.05, 0) is 170 Å². The summed E-state index contributed by atoms with van der Waals surface area (Å²) >= 11 is 35.9. The number of carbonyl (C=O) groups is 1. The van der Waals surface area contributed by atoms with Crippen molar-refractivity contribution in [3.8, 4) is 23.4 Å². The average Bonchev–Trinajstić information content (AvgIpc) is 1.57. The van der Waals surface area contributed by atoms with Gasteiger partial charge in [0.25, 0.3) is 22.4 Å². The predicted octanol–water partition coefficient (Wildman–Crippen LogP) is 6.65. The zero-order valence-electron chi connectivity index (χ0n) is 71.0. The number of aromatic nitrogens is 6. The number of benzene rings is 2. The number of nitrogens with one attached hydrogen (secondary N) is 2. The number of rotatable bonds is 12. The zero-order chi connectivity index (χ0) is 93.6. The van der Waals surface area contributed by atoms with Gasteiger partial charge in [-0.2, -0.15) is 44.2 Å². The number of carbonyl (C=O) groups excluding carboxylic acids is 1. The molecule has 0 atom stereocenters. The van der Waals surface area contributed by atoms with E-state index >= 15 is 0 Å². The summed E-state index contributed by atoms with van der Waals surface area (Å²) in [5, 5.41) is 68.4. The Hall–Kier alpha value is -3.39. The summed E-state index contributed by atoms with van der Waals surface area (Å²) in [6.07, 6.45) is 7.80. The first-order valence-electron chi connectivity index (χ1n) is 36.1. The number of hydrogen-bond donors (Lipinski definition) is 6. The van der Waals surface area contributed by atoms with Gasteiger partial charge >= 0.3 is 218 Å². The number of alkyl halides is 1. The Bertz CT molecular complexity index is 5560. The maximum Gasteiger partial charge on any atom is 1.00 e. The summed E-state index contributed by atoms with van der Waals surface area (Å²) in [6.45, 7) is 12.6. The van der Waals surface area contributed by atoms with Crippen LogP contribution in [0.15, 0.2) is 121 Å². The van der Waals surface area contributed by atoms with Crippen molar-refractivity contribution in [2.45, 2.75) is 97.7 Å². The molecule has 0 amide bonds. The fraction of sp³-hybridized carbons (Fsp3) is 0.366. The average molecular weight is 2430 g/mol. The molecule has 56 heteroatoms. The van der Waals surface area contributed by atoms with Crippen LogP contribution in [0.2, 0.25) is 30.9 Å². The fourth-order valence-electron chi connectivity index (χ4n) is 10.1. The van der Waals surface area contributed by atoms with E-state index < -0.39 is 76.7 Å². The SMILES string of the molecule is BrCC1CC1.CC1(C)OB(c2ccccc2C#N)OC1(C)C.CCO.CCc1nc(Cl)ccc1[N+](=O)[O-].CN1c2nc(-c3ccccc3C#N)ccc2N(CC2CC2)S1(=O)=O.CN1c2nc(Cl)ccc2N(CC2CC2)S1(=O)=O.CN1c2nc(Cl)ccc2NS1(=O)=O.CNc1nc(Cl)ccc1N.Cl.NS(N)(=O)=O.O=CO[O-].O=[N+]([O-])c1ccc(Cl)nc1Cl.[Cl][Sn][Cl].[Cs+].[Cs+].[H-]. The number of aliphatic hydroxyl groups excluding tert-OH is 1. The van der Waals surface area contributed by atoms with E-state index in [-0.39, 0.29) is 208 Å². The molecular formula is C71H87BBrCl9Cs2N20O18S4Sn. The van der Waals surface area contributed by atoms with Crippen LogP contribution in [-0.2, 0) is 66.2 Å². The number of nitro groups is 2. The van der Waals surface area contributed by atoms with Crippen molar-refractivity contribution in [2.75, 3.05) is 90.5 Å². The number of nitrogen functional groups attached to an aromatic ring is 1. The Morgan fingerprint density at radius 3 is 1.47 bits per heavy atom. The van der Waals surface area contributed by atoms with E-state index in [9.17, 15) is 59.2 Å². The van der Waals surface area contributed by atoms with E-state index in [0.29, 0.717) is 116 Å². The monoisotopic (exact) mass is 2430 g/mol. The van der Waals surface area contributed by atoms with Crippen LogP contribution in [0.25, 0.3) is 11.3 Å². The molecule has 2 radical (unpaired) electrons. The van der Waals surface area contributed by atoms with Crippen molar-refractivity contribution in [3.05, 3.63) is 189 Å². The molecule has 15 rings (SSSR count). The van der Waals surface area contributed by atoms with Crippen LogP contribution in [0, 0.1) is 60.6 Å². The number of aryl methyl sites for hydroxylation is 1. The molecule has 0 spiro atoms. The normalized spacial score (nSPS) is 15.4. The Morgan fingerprint density at radius 1 is 0.661 bits per heavy atom. The largest absolute Gasteiger partial charge is 1.00 e. The number of nitrogens with two attached hydrogens (primary N) is 3. The maximum atomic E-state index is 12.6. The molecule has 127 heavy (non-hydrogen) atoms. The number of nitrogens with zero attached hydrogens (tertiary/aromatic N) is 15. The molecule has 10 heterocycles. The minimum absolute atomic E-state index is 0. The topological polar surface area (TPSA) is 554 Å². The summed E-state index contributed by atoms with van der Waals surface area (Å²) < 4.78 is 111. The van der Waals surface area contributed by atoms with Gasteiger partial charge in [-0.1, -0.05) is 129 Å². The van der Waals surface area contributed by atoms with Gasteiger partial charge in [0.2, 0.25) is 5.15 Å². The smallest absolute Gasteiger partial charge is 1.00 e. The molecule has 8 aromatic rings. The minimum Gasteiger partial charge on any atom is -1.00 e. The number of fused-ring (bicyclic) bond motifs is 3. The molecule has 3 aliphatic carbocycles. The molecule has 3 saturated carbocycles. The van der Waals surface area contributed by atoms with Gasteiger partial charge in [-0.3, -0.25) is 29.7 Å². The summed E-state index contributed by atoms with van der Waals surface area (Å²) in [7, 11) is 1.48. The Labute approximate surface area is 919 Å². The Kier molecular flexibility index (Phi) is 55.0. The third-order valence-corrected chi connectivity index (χ3v) is 24.6. The molecule has 682 valence electrons. The van der Waals surface area contributed by atoms with Crippen molar-refractivity contribution in [3.63, 3.8) is 0 Å². The van der Waals surface area contributed by atoms with Gasteiger partial charge in [0.1, 0.15) is 31.5 Å². The summed E-state index contributed by atoms with van der Waals surface area (Å²) in [5.74, 6) is 3.76. The van der Waals surface area contributed by atoms with E-state index in [1.807, 2.05) is 58.0 Å². The van der Waals surface area contributed by atoms with Crippen molar-refractivity contribution in [1.29, 1.82) is 10.5 Å². The molecule has 0 unspecified atom stereocenters. The molecule has 4 fully saturated rings. The third kappa shape index (κ3) is 38.7. The number of anilines is 8. The first kappa shape index (κ1) is 122. The second kappa shape index (κ2) is 57.5. The summed E-state index contributed by atoms with van der Waals surface area (Å²) in [4.78, 5) is 54.5. The molecule has 38 nitrogen and oxygen atoms in total. The van der Waals surface area contributed by atoms with E-state index in [0.717, 1.165) is 41.4 Å². The predicted molar refractivity (Wildman–Crippen MR) is 494 cm³/mol. The molecule has 4 aliphatic heterocycles. The summed E-state index contributed by atoms with van der Waals surface area (Å²) in [6, 6.07) is 37.6. The first-order valence-corrected chi connectivity index (χ1v) is 52.5. The number of halogens is 10. The van der Waals surface area contributed by atoms with Crippen LogP contribution in [0.1, 0.15) is 98.3 Å². The maximum absolute atomic E-state index is 12.6. The molecule has 1 saturated heterocycles. The van der Waals surface area contributed by atoms with Crippen LogP contribution in [-0.4, -0.2) is 175 Å². The first-order chi connectivity index (χ1) is 58.1. The Balaban J connectivity index is 0.00000143. The standard InChI is InChI=1S/C17H16N4O2S.C13H16BNO2.C10H12ClN3O2S.C7H7ClN2O2.C6H6ClN3O2S.C6H8ClN3.C5H2Cl2N2O2.C4H7Br.C2H6O.CH2O3.3ClH.2Cs.H4N2O2S.Sn.H/c1-20-17-16(21(24(20,22)23)11-12-6-7-12)9-8-15(19-17)14-5-3-2-4-13(14)10-18;1-12(2)13(3,4)17-14(16-12)11-8-6-5-7-10(11)9-15;1-13-10-8(4-5-9(11)12-10)14(17(13,15)16)6-7-2-3-7;1-2-5-6(10(11)12)3-4-7(8)9-5;1-10-6-4(9-13(10,11)12)2-3-5(7)8-6;1-9-6-4(8)2-3-5(7)10-6;6-4-2-1-3(9(10)11)5(7)8-4;5-3-4-1-2-4;1-2-3;2-1-4-3;;;;;;1-5(2,3)4;;/h2-5,8-9,12H,6-7,11H2,1H3;5-8H,1-4H3;4-5,7H,2-3,6H2,1H3;3-4H,2H2,1H3;2-3,9H,1H3;2-3H,8H2,1H3,(H,9,10);1-2H;4H,1-3H2;3H,2H2,1H3;1,3H;3*1H;;;(H4,1,2,3,4);;/q;;;;;;;;;;;;;2*+1;;+2;-1/p-3. The number of hydrogen-bond acceptors (Lipinski definition) is 28. The number of aliphatic hydroxyl groups is 1. The molecule has 0 bridgehead atoms. The Morgan fingerprint density at radius 2 is 1.06 bits per heavy atom. The third-order valence-electron chi connectivity index (χ3n) is 17.5. The second-order valence-electron chi connectivity index (χ2n) is 26.9. The van der Waals surface area contributed by atoms with Gasteiger partial charge < -0.3 is 37.0 Å². The van der Waals surface area contributed by atoms with Gasteiger partial charge in [-0.15, -0.1) is 12.4 Å². The van der Waals surface area contributed by atoms with Gasteiger partial charge in [0, 0.05) is 76.4 Å². The molecular weight excluding hydrogens is 2340 g/mol. The summed E-state index contributed by atoms with van der Waals surface area (Å²) in [5.41, 5.74) is 10.5.